The first-order valence-electron chi connectivity index (χ1n) is 10.4. The van der Waals surface area contributed by atoms with Crippen molar-refractivity contribution < 1.29 is 8.78 Å². The summed E-state index contributed by atoms with van der Waals surface area (Å²) < 4.78 is 24.6. The molecule has 5 heterocycles. The monoisotopic (exact) mass is 457 g/mol. The highest BCUT2D eigenvalue weighted by Gasteiger charge is 2.15. The number of hydrogen-bond acceptors (Lipinski definition) is 7. The molecule has 9 heteroatoms. The van der Waals surface area contributed by atoms with Gasteiger partial charge in [0, 0.05) is 41.8 Å². The summed E-state index contributed by atoms with van der Waals surface area (Å²) in [7, 11) is 0.500. The third-order valence-corrected chi connectivity index (χ3v) is 5.00. The molecule has 0 fully saturated rings. The molecule has 0 spiro atoms. The Balaban J connectivity index is 0.00000133. The van der Waals surface area contributed by atoms with Gasteiger partial charge in [-0.1, -0.05) is 12.1 Å². The minimum absolute atomic E-state index is 0.108. The Morgan fingerprint density at radius 3 is 2.47 bits per heavy atom. The molecule has 1 N–H and O–H groups in total. The third kappa shape index (κ3) is 4.98. The highest BCUT2D eigenvalue weighted by atomic mass is 19.1. The normalized spacial score (nSPS) is 10.5. The van der Waals surface area contributed by atoms with Gasteiger partial charge in [-0.3, -0.25) is 24.3 Å². The SMILES string of the molecule is CF.Cc1cc(-c2ccc(CNc3ncnc(-c4cc5cccnc5cn4)c3F)cn2)ccn1. The maximum absolute atomic E-state index is 15.1. The Morgan fingerprint density at radius 1 is 0.824 bits per heavy atom. The molecule has 0 unspecified atom stereocenters. The Morgan fingerprint density at radius 2 is 1.68 bits per heavy atom. The summed E-state index contributed by atoms with van der Waals surface area (Å²) in [5.74, 6) is -0.447. The molecular weight excluding hydrogens is 436 g/mol. The molecule has 5 aromatic heterocycles. The molecule has 170 valence electrons. The molecular formula is C25H21F2N7. The Kier molecular flexibility index (Phi) is 7.02. The van der Waals surface area contributed by atoms with E-state index in [9.17, 15) is 4.39 Å². The average molecular weight is 457 g/mol. The van der Waals surface area contributed by atoms with Crippen LogP contribution in [-0.4, -0.2) is 37.1 Å². The molecule has 5 aromatic rings. The number of anilines is 1. The van der Waals surface area contributed by atoms with Crippen molar-refractivity contribution in [3.63, 3.8) is 0 Å². The second kappa shape index (κ2) is 10.5. The van der Waals surface area contributed by atoms with E-state index in [2.05, 4.69) is 35.2 Å². The van der Waals surface area contributed by atoms with Crippen molar-refractivity contribution in [3.8, 4) is 22.6 Å². The summed E-state index contributed by atoms with van der Waals surface area (Å²) in [5.41, 5.74) is 4.98. The van der Waals surface area contributed by atoms with Gasteiger partial charge in [-0.2, -0.15) is 0 Å². The van der Waals surface area contributed by atoms with Crippen LogP contribution >= 0.6 is 0 Å². The lowest BCUT2D eigenvalue weighted by Crippen LogP contribution is -2.06. The van der Waals surface area contributed by atoms with E-state index in [1.54, 1.807) is 30.9 Å². The number of fused-ring (bicyclic) bond motifs is 1. The van der Waals surface area contributed by atoms with E-state index in [0.29, 0.717) is 19.4 Å². The molecule has 0 saturated carbocycles. The van der Waals surface area contributed by atoms with Crippen LogP contribution < -0.4 is 5.32 Å². The van der Waals surface area contributed by atoms with Gasteiger partial charge in [0.2, 0.25) is 0 Å². The Hall–Kier alpha value is -4.40. The van der Waals surface area contributed by atoms with Crippen molar-refractivity contribution >= 4 is 16.7 Å². The van der Waals surface area contributed by atoms with E-state index < -0.39 is 5.82 Å². The van der Waals surface area contributed by atoms with Crippen molar-refractivity contribution in [3.05, 3.63) is 90.7 Å². The van der Waals surface area contributed by atoms with Gasteiger partial charge in [0.25, 0.3) is 0 Å². The first-order valence-corrected chi connectivity index (χ1v) is 10.4. The molecule has 0 atom stereocenters. The lowest BCUT2D eigenvalue weighted by Gasteiger charge is -2.10. The van der Waals surface area contributed by atoms with Crippen molar-refractivity contribution in [2.45, 2.75) is 13.5 Å². The van der Waals surface area contributed by atoms with Gasteiger partial charge >= 0.3 is 0 Å². The van der Waals surface area contributed by atoms with E-state index in [1.165, 1.54) is 6.33 Å². The molecule has 0 aliphatic heterocycles. The predicted octanol–water partition coefficient (Wildman–Crippen LogP) is 5.19. The predicted molar refractivity (Wildman–Crippen MR) is 127 cm³/mol. The van der Waals surface area contributed by atoms with Gasteiger partial charge in [-0.05, 0) is 42.8 Å². The van der Waals surface area contributed by atoms with Crippen molar-refractivity contribution in [2.75, 3.05) is 12.5 Å². The van der Waals surface area contributed by atoms with Gasteiger partial charge in [0.1, 0.15) is 12.0 Å². The van der Waals surface area contributed by atoms with Crippen LogP contribution in [0.25, 0.3) is 33.5 Å². The quantitative estimate of drug-likeness (QED) is 0.388. The zero-order chi connectivity index (χ0) is 23.9. The molecule has 0 saturated heterocycles. The molecule has 7 nitrogen and oxygen atoms in total. The van der Waals surface area contributed by atoms with Crippen LogP contribution in [0.5, 0.6) is 0 Å². The van der Waals surface area contributed by atoms with Crippen LogP contribution in [0.1, 0.15) is 11.3 Å². The number of aromatic nitrogens is 6. The summed E-state index contributed by atoms with van der Waals surface area (Å²) in [6.07, 6.45) is 8.14. The first kappa shape index (κ1) is 22.8. The average Bonchev–Trinajstić information content (AvgIpc) is 2.89. The highest BCUT2D eigenvalue weighted by Crippen LogP contribution is 2.25. The second-order valence-electron chi connectivity index (χ2n) is 7.24. The first-order chi connectivity index (χ1) is 16.7. The Labute approximate surface area is 195 Å². The van der Waals surface area contributed by atoms with Crippen LogP contribution in [0.2, 0.25) is 0 Å². The van der Waals surface area contributed by atoms with Crippen molar-refractivity contribution in [1.82, 2.24) is 29.9 Å². The minimum Gasteiger partial charge on any atom is -0.363 e. The number of hydrogen-bond donors (Lipinski definition) is 1. The molecule has 34 heavy (non-hydrogen) atoms. The van der Waals surface area contributed by atoms with E-state index in [-0.39, 0.29) is 11.5 Å². The summed E-state index contributed by atoms with van der Waals surface area (Å²) in [6.45, 7) is 2.31. The lowest BCUT2D eigenvalue weighted by atomic mass is 10.1. The summed E-state index contributed by atoms with van der Waals surface area (Å²) in [4.78, 5) is 25.4. The van der Waals surface area contributed by atoms with Crippen LogP contribution in [0.3, 0.4) is 0 Å². The lowest BCUT2D eigenvalue weighted by molar-refractivity contribution is 0.620. The fourth-order valence-corrected chi connectivity index (χ4v) is 3.37. The smallest absolute Gasteiger partial charge is 0.193 e. The zero-order valence-electron chi connectivity index (χ0n) is 18.6. The third-order valence-electron chi connectivity index (χ3n) is 5.00. The molecule has 0 amide bonds. The number of halogens is 2. The summed E-state index contributed by atoms with van der Waals surface area (Å²) >= 11 is 0. The topological polar surface area (TPSA) is 89.4 Å². The number of nitrogens with one attached hydrogen (secondary N) is 1. The number of nitrogens with zero attached hydrogens (tertiary/aromatic N) is 6. The summed E-state index contributed by atoms with van der Waals surface area (Å²) in [5, 5.41) is 3.89. The fraction of sp³-hybridized carbons (Fsp3) is 0.120. The van der Waals surface area contributed by atoms with E-state index in [1.807, 2.05) is 43.3 Å². The van der Waals surface area contributed by atoms with Gasteiger partial charge in [-0.15, -0.1) is 0 Å². The van der Waals surface area contributed by atoms with Crippen molar-refractivity contribution in [2.24, 2.45) is 0 Å². The number of pyridine rings is 4. The minimum atomic E-state index is -0.555. The standard InChI is InChI=1S/C24H18FN7.CH3F/c1-15-9-18(6-8-26-15)19-5-4-16(11-28-19)12-30-24-22(25)23(31-14-32-24)20-10-17-3-2-7-27-21(17)13-29-20;1-2/h2-11,13-14H,12H2,1H3,(H,30,31,32);1H3. The zero-order valence-corrected chi connectivity index (χ0v) is 18.6. The Bertz CT molecular complexity index is 1410. The van der Waals surface area contributed by atoms with Crippen LogP contribution in [0.4, 0.5) is 14.6 Å². The van der Waals surface area contributed by atoms with E-state index in [4.69, 9.17) is 0 Å². The van der Waals surface area contributed by atoms with Gasteiger partial charge in [0.15, 0.2) is 11.6 Å². The largest absolute Gasteiger partial charge is 0.363 e. The van der Waals surface area contributed by atoms with Gasteiger partial charge in [-0.25, -0.2) is 14.4 Å². The number of aryl methyl sites for hydroxylation is 1. The summed E-state index contributed by atoms with van der Waals surface area (Å²) in [6, 6.07) is 13.3. The van der Waals surface area contributed by atoms with Crippen LogP contribution in [-0.2, 0) is 6.54 Å². The fourth-order valence-electron chi connectivity index (χ4n) is 3.37. The maximum Gasteiger partial charge on any atom is 0.193 e. The molecule has 0 radical (unpaired) electrons. The second-order valence-corrected chi connectivity index (χ2v) is 7.24. The van der Waals surface area contributed by atoms with Gasteiger partial charge in [0.05, 0.1) is 30.3 Å². The number of alkyl halides is 1. The number of rotatable bonds is 5. The maximum atomic E-state index is 15.1. The molecule has 5 rings (SSSR count). The van der Waals surface area contributed by atoms with Crippen LogP contribution in [0, 0.1) is 12.7 Å². The van der Waals surface area contributed by atoms with Crippen LogP contribution in [0.15, 0.2) is 73.6 Å². The van der Waals surface area contributed by atoms with E-state index >= 15 is 4.39 Å². The molecule has 0 aliphatic rings. The van der Waals surface area contributed by atoms with Gasteiger partial charge < -0.3 is 5.32 Å². The molecule has 0 bridgehead atoms. The molecule has 0 aliphatic carbocycles. The van der Waals surface area contributed by atoms with E-state index in [0.717, 1.165) is 33.4 Å². The molecule has 0 aromatic carbocycles. The highest BCUT2D eigenvalue weighted by molar-refractivity contribution is 5.81. The van der Waals surface area contributed by atoms with Crippen molar-refractivity contribution in [1.29, 1.82) is 0 Å².